The van der Waals surface area contributed by atoms with Crippen LogP contribution in [0.5, 0.6) is 0 Å². The minimum Gasteiger partial charge on any atom is -0.378 e. The molecule has 1 saturated carbocycles. The molecule has 2 fully saturated rings. The Balaban J connectivity index is 1.53. The summed E-state index contributed by atoms with van der Waals surface area (Å²) in [5, 5.41) is 4.96. The first-order valence-corrected chi connectivity index (χ1v) is 12.7. The fraction of sp³-hybridized carbons (Fsp3) is 0.625. The summed E-state index contributed by atoms with van der Waals surface area (Å²) in [7, 11) is 0. The van der Waals surface area contributed by atoms with Crippen LogP contribution in [0.4, 0.5) is 11.6 Å². The average Bonchev–Trinajstić information content (AvgIpc) is 3.20. The van der Waals surface area contributed by atoms with Crippen molar-refractivity contribution in [2.45, 2.75) is 70.6 Å². The molecule has 5 heterocycles. The van der Waals surface area contributed by atoms with Gasteiger partial charge in [0, 0.05) is 36.5 Å². The Labute approximate surface area is 192 Å². The SMILES string of the molecule is CC1(C)Cc2nc(N3CCOCC3)c3sc4c(NC5CCCCC5)ncnc4c3c2CO1. The number of morpholine rings is 1. The van der Waals surface area contributed by atoms with Crippen LogP contribution in [0.15, 0.2) is 6.33 Å². The van der Waals surface area contributed by atoms with E-state index in [1.807, 2.05) is 0 Å². The molecule has 3 aromatic rings. The summed E-state index contributed by atoms with van der Waals surface area (Å²) in [6.07, 6.45) is 8.90. The number of hydrogen-bond donors (Lipinski definition) is 1. The summed E-state index contributed by atoms with van der Waals surface area (Å²) >= 11 is 1.78. The standard InChI is InChI=1S/C24H31N5O2S/c1-24(2)12-17-16(13-31-24)18-19-21(22(26-14-25-19)27-15-6-4-3-5-7-15)32-20(18)23(28-17)29-8-10-30-11-9-29/h14-15H,3-13H2,1-2H3,(H,25,26,27). The predicted octanol–water partition coefficient (Wildman–Crippen LogP) is 4.67. The Hall–Kier alpha value is -2.03. The number of anilines is 2. The highest BCUT2D eigenvalue weighted by molar-refractivity contribution is 7.26. The Bertz CT molecular complexity index is 1150. The van der Waals surface area contributed by atoms with E-state index < -0.39 is 0 Å². The van der Waals surface area contributed by atoms with Crippen LogP contribution in [-0.2, 0) is 22.5 Å². The van der Waals surface area contributed by atoms with E-state index in [2.05, 4.69) is 29.0 Å². The molecule has 0 atom stereocenters. The van der Waals surface area contributed by atoms with E-state index >= 15 is 0 Å². The number of rotatable bonds is 3. The number of aromatic nitrogens is 3. The molecule has 7 nitrogen and oxygen atoms in total. The van der Waals surface area contributed by atoms with Crippen molar-refractivity contribution in [2.75, 3.05) is 36.5 Å². The number of nitrogens with zero attached hydrogens (tertiary/aromatic N) is 4. The number of nitrogens with one attached hydrogen (secondary N) is 1. The number of fused-ring (bicyclic) bond motifs is 5. The Kier molecular flexibility index (Phi) is 5.19. The van der Waals surface area contributed by atoms with E-state index in [4.69, 9.17) is 19.4 Å². The normalized spacial score (nSPS) is 21.8. The first-order valence-electron chi connectivity index (χ1n) is 11.9. The van der Waals surface area contributed by atoms with Crippen LogP contribution < -0.4 is 10.2 Å². The number of ether oxygens (including phenoxy) is 2. The van der Waals surface area contributed by atoms with Crippen LogP contribution in [0, 0.1) is 0 Å². The van der Waals surface area contributed by atoms with Gasteiger partial charge in [-0.25, -0.2) is 15.0 Å². The second kappa shape index (κ2) is 8.08. The molecule has 3 aromatic heterocycles. The maximum absolute atomic E-state index is 6.23. The van der Waals surface area contributed by atoms with Gasteiger partial charge in [0.25, 0.3) is 0 Å². The summed E-state index contributed by atoms with van der Waals surface area (Å²) in [5.41, 5.74) is 3.18. The lowest BCUT2D eigenvalue weighted by Crippen LogP contribution is -2.38. The van der Waals surface area contributed by atoms with Gasteiger partial charge in [-0.05, 0) is 26.7 Å². The van der Waals surface area contributed by atoms with Crippen molar-refractivity contribution in [2.24, 2.45) is 0 Å². The average molecular weight is 454 g/mol. The molecule has 6 rings (SSSR count). The van der Waals surface area contributed by atoms with Gasteiger partial charge in [0.05, 0.1) is 46.0 Å². The van der Waals surface area contributed by atoms with E-state index in [0.29, 0.717) is 12.6 Å². The van der Waals surface area contributed by atoms with Crippen LogP contribution in [0.3, 0.4) is 0 Å². The molecule has 1 saturated heterocycles. The summed E-state index contributed by atoms with van der Waals surface area (Å²) in [6, 6.07) is 0.502. The number of pyridine rings is 1. The highest BCUT2D eigenvalue weighted by Gasteiger charge is 2.32. The van der Waals surface area contributed by atoms with E-state index in [1.165, 1.54) is 47.8 Å². The van der Waals surface area contributed by atoms with Gasteiger partial charge >= 0.3 is 0 Å². The van der Waals surface area contributed by atoms with Crippen molar-refractivity contribution in [3.8, 4) is 0 Å². The molecule has 8 heteroatoms. The third kappa shape index (κ3) is 3.62. The molecule has 170 valence electrons. The number of thiophene rings is 1. The molecule has 0 amide bonds. The van der Waals surface area contributed by atoms with Gasteiger partial charge < -0.3 is 19.7 Å². The molecule has 1 aliphatic carbocycles. The predicted molar refractivity (Wildman–Crippen MR) is 129 cm³/mol. The Morgan fingerprint density at radius 2 is 1.91 bits per heavy atom. The fourth-order valence-electron chi connectivity index (χ4n) is 5.29. The highest BCUT2D eigenvalue weighted by Crippen LogP contribution is 2.45. The van der Waals surface area contributed by atoms with E-state index in [0.717, 1.165) is 60.3 Å². The largest absolute Gasteiger partial charge is 0.378 e. The first-order chi connectivity index (χ1) is 15.6. The van der Waals surface area contributed by atoms with Gasteiger partial charge in [0.1, 0.15) is 18.0 Å². The zero-order valence-electron chi connectivity index (χ0n) is 18.9. The van der Waals surface area contributed by atoms with Gasteiger partial charge in [0.15, 0.2) is 0 Å². The minimum atomic E-state index is -0.204. The monoisotopic (exact) mass is 453 g/mol. The molecule has 1 N–H and O–H groups in total. The third-order valence-electron chi connectivity index (χ3n) is 7.02. The highest BCUT2D eigenvalue weighted by atomic mass is 32.1. The van der Waals surface area contributed by atoms with Crippen molar-refractivity contribution >= 4 is 43.3 Å². The lowest BCUT2D eigenvalue weighted by molar-refractivity contribution is -0.0405. The molecular weight excluding hydrogens is 422 g/mol. The molecule has 3 aliphatic rings. The molecule has 0 aromatic carbocycles. The lowest BCUT2D eigenvalue weighted by atomic mass is 9.94. The Morgan fingerprint density at radius 1 is 1.09 bits per heavy atom. The second-order valence-electron chi connectivity index (χ2n) is 9.87. The third-order valence-corrected chi connectivity index (χ3v) is 8.20. The molecule has 32 heavy (non-hydrogen) atoms. The molecular formula is C24H31N5O2S. The van der Waals surface area contributed by atoms with Gasteiger partial charge in [-0.15, -0.1) is 11.3 Å². The van der Waals surface area contributed by atoms with E-state index in [1.54, 1.807) is 17.7 Å². The molecule has 2 aliphatic heterocycles. The first kappa shape index (κ1) is 20.6. The smallest absolute Gasteiger partial charge is 0.147 e. The van der Waals surface area contributed by atoms with Crippen LogP contribution in [0.2, 0.25) is 0 Å². The fourth-order valence-corrected chi connectivity index (χ4v) is 6.54. The molecule has 0 radical (unpaired) electrons. The van der Waals surface area contributed by atoms with Crippen molar-refractivity contribution in [3.05, 3.63) is 17.6 Å². The maximum atomic E-state index is 6.23. The van der Waals surface area contributed by atoms with Crippen LogP contribution in [-0.4, -0.2) is 52.9 Å². The summed E-state index contributed by atoms with van der Waals surface area (Å²) < 4.78 is 14.2. The van der Waals surface area contributed by atoms with Crippen LogP contribution in [0.1, 0.15) is 57.2 Å². The maximum Gasteiger partial charge on any atom is 0.147 e. The lowest BCUT2D eigenvalue weighted by Gasteiger charge is -2.34. The van der Waals surface area contributed by atoms with E-state index in [-0.39, 0.29) is 5.60 Å². The molecule has 0 bridgehead atoms. The minimum absolute atomic E-state index is 0.204. The van der Waals surface area contributed by atoms with Crippen LogP contribution >= 0.6 is 11.3 Å². The quantitative estimate of drug-likeness (QED) is 0.618. The molecule has 0 spiro atoms. The van der Waals surface area contributed by atoms with Gasteiger partial charge in [0.2, 0.25) is 0 Å². The van der Waals surface area contributed by atoms with Gasteiger partial charge in [-0.3, -0.25) is 0 Å². The summed E-state index contributed by atoms with van der Waals surface area (Å²) in [5.74, 6) is 2.05. The van der Waals surface area contributed by atoms with E-state index in [9.17, 15) is 0 Å². The Morgan fingerprint density at radius 3 is 2.72 bits per heavy atom. The van der Waals surface area contributed by atoms with Crippen molar-refractivity contribution in [1.82, 2.24) is 15.0 Å². The van der Waals surface area contributed by atoms with Crippen molar-refractivity contribution in [3.63, 3.8) is 0 Å². The summed E-state index contributed by atoms with van der Waals surface area (Å²) in [4.78, 5) is 17.1. The van der Waals surface area contributed by atoms with Crippen molar-refractivity contribution in [1.29, 1.82) is 0 Å². The zero-order valence-corrected chi connectivity index (χ0v) is 19.8. The van der Waals surface area contributed by atoms with Crippen LogP contribution in [0.25, 0.3) is 20.3 Å². The van der Waals surface area contributed by atoms with Gasteiger partial charge in [-0.1, -0.05) is 19.3 Å². The topological polar surface area (TPSA) is 72.4 Å². The van der Waals surface area contributed by atoms with Gasteiger partial charge in [-0.2, -0.15) is 0 Å². The summed E-state index contributed by atoms with van der Waals surface area (Å²) in [6.45, 7) is 8.10. The number of hydrogen-bond acceptors (Lipinski definition) is 8. The zero-order chi connectivity index (χ0) is 21.7. The second-order valence-corrected chi connectivity index (χ2v) is 10.9. The molecule has 0 unspecified atom stereocenters. The van der Waals surface area contributed by atoms with Crippen molar-refractivity contribution < 1.29 is 9.47 Å².